The number of hydrogen-bond acceptors (Lipinski definition) is 3. The van der Waals surface area contributed by atoms with Crippen LogP contribution >= 0.6 is 0 Å². The topological polar surface area (TPSA) is 58.2 Å². The van der Waals surface area contributed by atoms with E-state index in [0.29, 0.717) is 25.0 Å². The second-order valence-electron chi connectivity index (χ2n) is 5.98. The summed E-state index contributed by atoms with van der Waals surface area (Å²) in [4.78, 5) is 0. The highest BCUT2D eigenvalue weighted by Gasteiger charge is 2.30. The molecule has 2 aromatic rings. The Hall–Kier alpha value is -2.30. The summed E-state index contributed by atoms with van der Waals surface area (Å²) in [5, 5.41) is 2.37. The van der Waals surface area contributed by atoms with Crippen molar-refractivity contribution in [1.82, 2.24) is 0 Å². The van der Waals surface area contributed by atoms with Crippen molar-refractivity contribution in [2.75, 3.05) is 15.8 Å². The second-order valence-corrected chi connectivity index (χ2v) is 7.83. The van der Waals surface area contributed by atoms with Gasteiger partial charge in [-0.05, 0) is 30.7 Å². The molecule has 0 aliphatic rings. The first-order chi connectivity index (χ1) is 12.9. The van der Waals surface area contributed by atoms with Crippen molar-refractivity contribution in [2.45, 2.75) is 25.9 Å². The van der Waals surface area contributed by atoms with Gasteiger partial charge in [0.05, 0.1) is 17.0 Å². The van der Waals surface area contributed by atoms with Crippen molar-refractivity contribution in [3.63, 3.8) is 0 Å². The van der Waals surface area contributed by atoms with Gasteiger partial charge in [-0.2, -0.15) is 13.2 Å². The minimum atomic E-state index is -4.63. The average molecular weight is 418 g/mol. The van der Waals surface area contributed by atoms with Gasteiger partial charge in [0, 0.05) is 5.69 Å². The number of sulfonamides is 1. The van der Waals surface area contributed by atoms with E-state index in [1.807, 2.05) is 0 Å². The highest BCUT2D eigenvalue weighted by atomic mass is 32.2. The molecule has 11 heteroatoms. The van der Waals surface area contributed by atoms with E-state index in [1.165, 1.54) is 0 Å². The summed E-state index contributed by atoms with van der Waals surface area (Å²) >= 11 is 0. The first kappa shape index (κ1) is 22.0. The first-order valence-corrected chi connectivity index (χ1v) is 9.82. The van der Waals surface area contributed by atoms with Crippen LogP contribution in [-0.2, 0) is 16.2 Å². The van der Waals surface area contributed by atoms with Gasteiger partial charge in [-0.3, -0.25) is 4.72 Å². The number of benzene rings is 2. The van der Waals surface area contributed by atoms with Crippen molar-refractivity contribution >= 4 is 40.4 Å². The molecule has 2 radical (unpaired) electrons. The largest absolute Gasteiger partial charge is 0.416 e. The van der Waals surface area contributed by atoms with E-state index in [4.69, 9.17) is 7.85 Å². The Kier molecular flexibility index (Phi) is 6.58. The zero-order valence-corrected chi connectivity index (χ0v) is 15.5. The summed E-state index contributed by atoms with van der Waals surface area (Å²) in [6.45, 7) is 1.79. The molecule has 28 heavy (non-hydrogen) atoms. The van der Waals surface area contributed by atoms with Gasteiger partial charge >= 0.3 is 6.18 Å². The third-order valence-corrected chi connectivity index (χ3v) is 5.12. The molecular weight excluding hydrogens is 402 g/mol. The number of anilines is 3. The SMILES string of the molecule is [B]c1cc(C(F)(F)F)ccc1Nc1c(NS(=O)(=O)CCCC)ccc(F)c1F. The van der Waals surface area contributed by atoms with Crippen LogP contribution < -0.4 is 15.5 Å². The molecule has 0 aliphatic carbocycles. The summed E-state index contributed by atoms with van der Waals surface area (Å²) in [5.74, 6) is -2.91. The highest BCUT2D eigenvalue weighted by molar-refractivity contribution is 7.92. The Bertz CT molecular complexity index is 965. The Morgan fingerprint density at radius 2 is 1.71 bits per heavy atom. The van der Waals surface area contributed by atoms with E-state index < -0.39 is 39.1 Å². The van der Waals surface area contributed by atoms with E-state index in [1.54, 1.807) is 6.92 Å². The molecule has 2 aromatic carbocycles. The fraction of sp³-hybridized carbons (Fsp3) is 0.294. The standard InChI is InChI=1S/C17H16BF5N2O2S/c1-2-3-8-28(26,27)25-14-7-5-12(19)15(20)16(14)24-13-6-4-10(9-11(13)18)17(21,22)23/h4-7,9,24-25H,2-3,8H2,1H3. The molecule has 2 rings (SSSR count). The predicted molar refractivity (Wildman–Crippen MR) is 98.8 cm³/mol. The van der Waals surface area contributed by atoms with Gasteiger partial charge in [0.15, 0.2) is 11.6 Å². The summed E-state index contributed by atoms with van der Waals surface area (Å²) in [6, 6.07) is 4.02. The van der Waals surface area contributed by atoms with Crippen LogP contribution in [0.2, 0.25) is 0 Å². The molecule has 0 bridgehead atoms. The molecule has 0 atom stereocenters. The van der Waals surface area contributed by atoms with Crippen LogP contribution in [0.1, 0.15) is 25.3 Å². The first-order valence-electron chi connectivity index (χ1n) is 8.17. The maximum absolute atomic E-state index is 14.3. The third-order valence-electron chi connectivity index (χ3n) is 3.77. The maximum atomic E-state index is 14.3. The lowest BCUT2D eigenvalue weighted by molar-refractivity contribution is -0.137. The van der Waals surface area contributed by atoms with Gasteiger partial charge in [0.2, 0.25) is 10.0 Å². The molecule has 150 valence electrons. The van der Waals surface area contributed by atoms with Crippen LogP contribution in [-0.4, -0.2) is 22.0 Å². The molecule has 0 saturated carbocycles. The molecule has 0 unspecified atom stereocenters. The highest BCUT2D eigenvalue weighted by Crippen LogP contribution is 2.33. The van der Waals surface area contributed by atoms with E-state index in [0.717, 1.165) is 18.2 Å². The zero-order chi connectivity index (χ0) is 21.1. The van der Waals surface area contributed by atoms with Crippen molar-refractivity contribution in [3.8, 4) is 0 Å². The molecule has 4 nitrogen and oxygen atoms in total. The second kappa shape index (κ2) is 8.38. The van der Waals surface area contributed by atoms with Crippen molar-refractivity contribution in [1.29, 1.82) is 0 Å². The van der Waals surface area contributed by atoms with Crippen LogP contribution in [0, 0.1) is 11.6 Å². The quantitative estimate of drug-likeness (QED) is 0.527. The van der Waals surface area contributed by atoms with Crippen LogP contribution in [0.15, 0.2) is 30.3 Å². The summed E-state index contributed by atoms with van der Waals surface area (Å²) < 4.78 is 92.4. The smallest absolute Gasteiger partial charge is 0.352 e. The fourth-order valence-electron chi connectivity index (χ4n) is 2.30. The fourth-order valence-corrected chi connectivity index (χ4v) is 3.57. The summed E-state index contributed by atoms with van der Waals surface area (Å²) in [6.07, 6.45) is -3.67. The van der Waals surface area contributed by atoms with Gasteiger partial charge in [-0.15, -0.1) is 0 Å². The molecule has 0 fully saturated rings. The number of rotatable bonds is 7. The van der Waals surface area contributed by atoms with Gasteiger partial charge in [0.25, 0.3) is 0 Å². The lowest BCUT2D eigenvalue weighted by Crippen LogP contribution is -2.19. The Labute approximate surface area is 160 Å². The monoisotopic (exact) mass is 418 g/mol. The number of alkyl halides is 3. The number of halogens is 5. The van der Waals surface area contributed by atoms with Crippen LogP contribution in [0.3, 0.4) is 0 Å². The molecule has 0 aromatic heterocycles. The van der Waals surface area contributed by atoms with Gasteiger partial charge in [-0.25, -0.2) is 17.2 Å². The molecule has 0 spiro atoms. The molecule has 2 N–H and O–H groups in total. The van der Waals surface area contributed by atoms with E-state index in [9.17, 15) is 30.4 Å². The van der Waals surface area contributed by atoms with Crippen LogP contribution in [0.5, 0.6) is 0 Å². The normalized spacial score (nSPS) is 12.1. The Morgan fingerprint density at radius 1 is 1.07 bits per heavy atom. The predicted octanol–water partition coefficient (Wildman–Crippen LogP) is 4.06. The zero-order valence-electron chi connectivity index (χ0n) is 14.7. The Morgan fingerprint density at radius 3 is 2.29 bits per heavy atom. The number of hydrogen-bond donors (Lipinski definition) is 2. The van der Waals surface area contributed by atoms with Gasteiger partial charge in [0.1, 0.15) is 13.5 Å². The van der Waals surface area contributed by atoms with Crippen LogP contribution in [0.4, 0.5) is 39.0 Å². The number of unbranched alkanes of at least 4 members (excludes halogenated alkanes) is 1. The lowest BCUT2D eigenvalue weighted by Gasteiger charge is -2.18. The minimum Gasteiger partial charge on any atom is -0.352 e. The molecule has 0 saturated heterocycles. The van der Waals surface area contributed by atoms with Gasteiger partial charge < -0.3 is 5.32 Å². The summed E-state index contributed by atoms with van der Waals surface area (Å²) in [7, 11) is 1.74. The number of nitrogens with one attached hydrogen (secondary N) is 2. The maximum Gasteiger partial charge on any atom is 0.416 e. The van der Waals surface area contributed by atoms with Crippen molar-refractivity contribution in [2.24, 2.45) is 0 Å². The van der Waals surface area contributed by atoms with Crippen LogP contribution in [0.25, 0.3) is 0 Å². The van der Waals surface area contributed by atoms with E-state index >= 15 is 0 Å². The average Bonchev–Trinajstić information content (AvgIpc) is 2.60. The third kappa shape index (κ3) is 5.37. The molecular formula is C17H16BF5N2O2S. The lowest BCUT2D eigenvalue weighted by atomic mass is 9.91. The van der Waals surface area contributed by atoms with E-state index in [2.05, 4.69) is 10.0 Å². The van der Waals surface area contributed by atoms with E-state index in [-0.39, 0.29) is 22.6 Å². The molecule has 0 amide bonds. The molecule has 0 aliphatic heterocycles. The van der Waals surface area contributed by atoms with Crippen molar-refractivity contribution in [3.05, 3.63) is 47.5 Å². The van der Waals surface area contributed by atoms with Crippen molar-refractivity contribution < 1.29 is 30.4 Å². The van der Waals surface area contributed by atoms with Gasteiger partial charge in [-0.1, -0.05) is 24.9 Å². The Balaban J connectivity index is 2.41. The summed E-state index contributed by atoms with van der Waals surface area (Å²) in [5.41, 5.74) is -2.43. The minimum absolute atomic E-state index is 0.147. The molecule has 0 heterocycles.